The molecule has 1 aliphatic rings. The molecule has 0 aliphatic carbocycles. The molecule has 2 aromatic rings. The third-order valence-electron chi connectivity index (χ3n) is 4.44. The van der Waals surface area contributed by atoms with Crippen molar-refractivity contribution >= 4 is 5.91 Å². The van der Waals surface area contributed by atoms with Crippen molar-refractivity contribution in [3.63, 3.8) is 0 Å². The van der Waals surface area contributed by atoms with E-state index in [-0.39, 0.29) is 11.9 Å². The van der Waals surface area contributed by atoms with Crippen LogP contribution in [0.25, 0.3) is 0 Å². The van der Waals surface area contributed by atoms with Crippen molar-refractivity contribution in [1.29, 1.82) is 0 Å². The van der Waals surface area contributed by atoms with Crippen LogP contribution >= 0.6 is 0 Å². The number of aryl methyl sites for hydroxylation is 2. The van der Waals surface area contributed by atoms with Gasteiger partial charge in [0.15, 0.2) is 0 Å². The quantitative estimate of drug-likeness (QED) is 0.941. The number of benzene rings is 1. The Balaban J connectivity index is 1.91. The van der Waals surface area contributed by atoms with Gasteiger partial charge in [0.05, 0.1) is 11.7 Å². The maximum absolute atomic E-state index is 12.3. The first kappa shape index (κ1) is 14.8. The first-order valence-corrected chi connectivity index (χ1v) is 7.54. The molecule has 0 radical (unpaired) electrons. The summed E-state index contributed by atoms with van der Waals surface area (Å²) in [6.07, 6.45) is 0.735. The van der Waals surface area contributed by atoms with Gasteiger partial charge in [-0.05, 0) is 31.4 Å². The highest BCUT2D eigenvalue weighted by Crippen LogP contribution is 2.26. The van der Waals surface area contributed by atoms with Gasteiger partial charge in [-0.1, -0.05) is 29.4 Å². The van der Waals surface area contributed by atoms with E-state index in [1.54, 1.807) is 7.05 Å². The molecular weight excluding hydrogens is 278 g/mol. The zero-order valence-corrected chi connectivity index (χ0v) is 13.2. The summed E-state index contributed by atoms with van der Waals surface area (Å²) in [6.45, 7) is 5.30. The SMILES string of the molecule is CNC(=O)[C@H]1Cc2ccccc2CN1Cc1c(C)noc1C. The fourth-order valence-corrected chi connectivity index (χ4v) is 3.10. The van der Waals surface area contributed by atoms with Crippen molar-refractivity contribution < 1.29 is 9.32 Å². The highest BCUT2D eigenvalue weighted by atomic mass is 16.5. The second-order valence-electron chi connectivity index (χ2n) is 5.81. The van der Waals surface area contributed by atoms with Gasteiger partial charge in [-0.2, -0.15) is 0 Å². The summed E-state index contributed by atoms with van der Waals surface area (Å²) in [5.74, 6) is 0.883. The van der Waals surface area contributed by atoms with Crippen LogP contribution in [-0.2, 0) is 24.3 Å². The van der Waals surface area contributed by atoms with Crippen LogP contribution in [0.15, 0.2) is 28.8 Å². The van der Waals surface area contributed by atoms with Gasteiger partial charge >= 0.3 is 0 Å². The molecule has 1 aromatic heterocycles. The topological polar surface area (TPSA) is 58.4 Å². The van der Waals surface area contributed by atoms with Gasteiger partial charge < -0.3 is 9.84 Å². The Hall–Kier alpha value is -2.14. The molecule has 1 amide bonds. The number of nitrogens with zero attached hydrogens (tertiary/aromatic N) is 2. The minimum atomic E-state index is -0.159. The molecule has 116 valence electrons. The normalized spacial score (nSPS) is 18.0. The number of carbonyl (C=O) groups is 1. The number of fused-ring (bicyclic) bond motifs is 1. The average molecular weight is 299 g/mol. The van der Waals surface area contributed by atoms with E-state index >= 15 is 0 Å². The van der Waals surface area contributed by atoms with E-state index in [0.29, 0.717) is 6.54 Å². The molecule has 0 fully saturated rings. The molecule has 0 saturated carbocycles. The van der Waals surface area contributed by atoms with Gasteiger partial charge in [-0.3, -0.25) is 9.69 Å². The first-order chi connectivity index (χ1) is 10.6. The molecule has 22 heavy (non-hydrogen) atoms. The molecule has 0 spiro atoms. The number of hydrogen-bond acceptors (Lipinski definition) is 4. The number of rotatable bonds is 3. The lowest BCUT2D eigenvalue weighted by Gasteiger charge is -2.35. The van der Waals surface area contributed by atoms with Crippen LogP contribution in [0, 0.1) is 13.8 Å². The number of carbonyl (C=O) groups excluding carboxylic acids is 1. The fraction of sp³-hybridized carbons (Fsp3) is 0.412. The molecule has 2 heterocycles. The van der Waals surface area contributed by atoms with Crippen LogP contribution in [0.1, 0.15) is 28.1 Å². The smallest absolute Gasteiger partial charge is 0.237 e. The Morgan fingerprint density at radius 2 is 2.09 bits per heavy atom. The summed E-state index contributed by atoms with van der Waals surface area (Å²) >= 11 is 0. The van der Waals surface area contributed by atoms with Gasteiger partial charge in [0, 0.05) is 25.7 Å². The van der Waals surface area contributed by atoms with E-state index in [2.05, 4.69) is 27.5 Å². The van der Waals surface area contributed by atoms with E-state index in [1.807, 2.05) is 26.0 Å². The van der Waals surface area contributed by atoms with E-state index in [9.17, 15) is 4.79 Å². The van der Waals surface area contributed by atoms with Crippen LogP contribution < -0.4 is 5.32 Å². The first-order valence-electron chi connectivity index (χ1n) is 7.54. The maximum Gasteiger partial charge on any atom is 0.237 e. The summed E-state index contributed by atoms with van der Waals surface area (Å²) < 4.78 is 5.25. The zero-order valence-electron chi connectivity index (χ0n) is 13.2. The second kappa shape index (κ2) is 5.93. The van der Waals surface area contributed by atoms with E-state index in [4.69, 9.17) is 4.52 Å². The Bertz CT molecular complexity index is 673. The Morgan fingerprint density at radius 1 is 1.36 bits per heavy atom. The van der Waals surface area contributed by atoms with Crippen LogP contribution in [-0.4, -0.2) is 29.1 Å². The molecule has 1 aromatic carbocycles. The monoisotopic (exact) mass is 299 g/mol. The largest absolute Gasteiger partial charge is 0.361 e. The van der Waals surface area contributed by atoms with E-state index in [1.165, 1.54) is 11.1 Å². The number of nitrogens with one attached hydrogen (secondary N) is 1. The maximum atomic E-state index is 12.3. The summed E-state index contributed by atoms with van der Waals surface area (Å²) in [5, 5.41) is 6.80. The second-order valence-corrected chi connectivity index (χ2v) is 5.81. The third kappa shape index (κ3) is 2.64. The molecule has 0 unspecified atom stereocenters. The van der Waals surface area contributed by atoms with Gasteiger partial charge in [0.25, 0.3) is 0 Å². The zero-order chi connectivity index (χ0) is 15.7. The highest BCUT2D eigenvalue weighted by molar-refractivity contribution is 5.82. The molecule has 1 aliphatic heterocycles. The van der Waals surface area contributed by atoms with Gasteiger partial charge in [0.1, 0.15) is 5.76 Å². The summed E-state index contributed by atoms with van der Waals surface area (Å²) in [5.41, 5.74) is 4.51. The Morgan fingerprint density at radius 3 is 2.73 bits per heavy atom. The van der Waals surface area contributed by atoms with Crippen molar-refractivity contribution in [2.45, 2.75) is 39.4 Å². The Kier molecular flexibility index (Phi) is 3.98. The fourth-order valence-electron chi connectivity index (χ4n) is 3.10. The standard InChI is InChI=1S/C17H21N3O2/c1-11-15(12(2)22-19-11)10-20-9-14-7-5-4-6-13(14)8-16(20)17(21)18-3/h4-7,16H,8-10H2,1-3H3,(H,18,21)/t16-/m1/s1. The van der Waals surface area contributed by atoms with Crippen LogP contribution in [0.5, 0.6) is 0 Å². The summed E-state index contributed by atoms with van der Waals surface area (Å²) in [6, 6.07) is 8.17. The van der Waals surface area contributed by atoms with E-state index < -0.39 is 0 Å². The number of amides is 1. The summed E-state index contributed by atoms with van der Waals surface area (Å²) in [4.78, 5) is 14.5. The highest BCUT2D eigenvalue weighted by Gasteiger charge is 2.31. The predicted octanol–water partition coefficient (Wildman–Crippen LogP) is 1.96. The molecular formula is C17H21N3O2. The number of aromatic nitrogens is 1. The predicted molar refractivity (Wildman–Crippen MR) is 83.2 cm³/mol. The molecule has 3 rings (SSSR count). The molecule has 5 nitrogen and oxygen atoms in total. The van der Waals surface area contributed by atoms with Crippen LogP contribution in [0.2, 0.25) is 0 Å². The molecule has 0 saturated heterocycles. The number of hydrogen-bond donors (Lipinski definition) is 1. The van der Waals surface area contributed by atoms with Crippen molar-refractivity contribution in [1.82, 2.24) is 15.4 Å². The van der Waals surface area contributed by atoms with E-state index in [0.717, 1.165) is 30.0 Å². The molecule has 0 bridgehead atoms. The van der Waals surface area contributed by atoms with Crippen molar-refractivity contribution in [3.05, 3.63) is 52.4 Å². The minimum Gasteiger partial charge on any atom is -0.361 e. The molecule has 1 N–H and O–H groups in total. The van der Waals surface area contributed by atoms with Gasteiger partial charge in [-0.15, -0.1) is 0 Å². The van der Waals surface area contributed by atoms with Crippen LogP contribution in [0.3, 0.4) is 0 Å². The molecule has 1 atom stereocenters. The number of likely N-dealkylation sites (N-methyl/N-ethyl adjacent to an activating group) is 1. The third-order valence-corrected chi connectivity index (χ3v) is 4.44. The lowest BCUT2D eigenvalue weighted by atomic mass is 9.93. The Labute approximate surface area is 130 Å². The van der Waals surface area contributed by atoms with Crippen molar-refractivity contribution in [2.75, 3.05) is 7.05 Å². The average Bonchev–Trinajstić information content (AvgIpc) is 2.85. The van der Waals surface area contributed by atoms with Crippen molar-refractivity contribution in [2.24, 2.45) is 0 Å². The molecule has 5 heteroatoms. The van der Waals surface area contributed by atoms with Gasteiger partial charge in [0.2, 0.25) is 5.91 Å². The summed E-state index contributed by atoms with van der Waals surface area (Å²) in [7, 11) is 1.69. The van der Waals surface area contributed by atoms with Crippen molar-refractivity contribution in [3.8, 4) is 0 Å². The lowest BCUT2D eigenvalue weighted by molar-refractivity contribution is -0.126. The lowest BCUT2D eigenvalue weighted by Crippen LogP contribution is -2.49. The van der Waals surface area contributed by atoms with Crippen LogP contribution in [0.4, 0.5) is 0 Å². The van der Waals surface area contributed by atoms with Gasteiger partial charge in [-0.25, -0.2) is 0 Å². The minimum absolute atomic E-state index is 0.0567.